The molecule has 3 rings (SSSR count). The lowest BCUT2D eigenvalue weighted by molar-refractivity contribution is -0.143. The van der Waals surface area contributed by atoms with Gasteiger partial charge in [-0.3, -0.25) is 4.79 Å². The van der Waals surface area contributed by atoms with Crippen LogP contribution in [0.25, 0.3) is 11.1 Å². The molecule has 0 spiro atoms. The lowest BCUT2D eigenvalue weighted by Gasteiger charge is -2.23. The van der Waals surface area contributed by atoms with Gasteiger partial charge in [0.1, 0.15) is 12.6 Å². The Labute approximate surface area is 200 Å². The van der Waals surface area contributed by atoms with Crippen molar-refractivity contribution in [3.8, 4) is 11.1 Å². The molecule has 0 saturated heterocycles. The van der Waals surface area contributed by atoms with Crippen LogP contribution < -0.4 is 10.6 Å². The first-order valence-electron chi connectivity index (χ1n) is 12.0. The molecule has 0 fully saturated rings. The number of carboxylic acid groups (broad SMARTS) is 1. The lowest BCUT2D eigenvalue weighted by Crippen LogP contribution is -2.47. The zero-order chi connectivity index (χ0) is 24.7. The molecule has 0 aliphatic heterocycles. The molecule has 182 valence electrons. The summed E-state index contributed by atoms with van der Waals surface area (Å²) in [5.41, 5.74) is 4.57. The maximum atomic E-state index is 12.6. The van der Waals surface area contributed by atoms with Gasteiger partial charge in [0.25, 0.3) is 0 Å². The molecular weight excluding hydrogens is 432 g/mol. The molecule has 3 N–H and O–H groups in total. The van der Waals surface area contributed by atoms with Gasteiger partial charge >= 0.3 is 12.1 Å². The van der Waals surface area contributed by atoms with Crippen molar-refractivity contribution in [1.82, 2.24) is 10.6 Å². The third-order valence-corrected chi connectivity index (χ3v) is 6.53. The number of hydrogen-bond acceptors (Lipinski definition) is 4. The van der Waals surface area contributed by atoms with Gasteiger partial charge in [0.2, 0.25) is 5.91 Å². The van der Waals surface area contributed by atoms with Crippen molar-refractivity contribution in [2.45, 2.75) is 64.5 Å². The minimum atomic E-state index is -1.06. The number of carbonyl (C=O) groups is 3. The summed E-state index contributed by atoms with van der Waals surface area (Å²) in [5.74, 6) is -1.69. The third kappa shape index (κ3) is 5.95. The van der Waals surface area contributed by atoms with Crippen LogP contribution in [0, 0.1) is 5.92 Å². The molecule has 0 saturated carbocycles. The molecule has 7 nitrogen and oxygen atoms in total. The molecule has 34 heavy (non-hydrogen) atoms. The minimum absolute atomic E-state index is 0.00174. The van der Waals surface area contributed by atoms with Crippen molar-refractivity contribution in [3.63, 3.8) is 0 Å². The van der Waals surface area contributed by atoms with E-state index in [2.05, 4.69) is 34.9 Å². The molecule has 0 radical (unpaired) electrons. The quantitative estimate of drug-likeness (QED) is 0.445. The van der Waals surface area contributed by atoms with E-state index in [-0.39, 0.29) is 24.9 Å². The highest BCUT2D eigenvalue weighted by Crippen LogP contribution is 2.44. The van der Waals surface area contributed by atoms with Gasteiger partial charge in [-0.25, -0.2) is 9.59 Å². The Bertz CT molecular complexity index is 976. The zero-order valence-corrected chi connectivity index (χ0v) is 20.0. The van der Waals surface area contributed by atoms with Crippen LogP contribution in [0.15, 0.2) is 48.5 Å². The normalized spacial score (nSPS) is 14.9. The summed E-state index contributed by atoms with van der Waals surface area (Å²) < 4.78 is 5.60. The van der Waals surface area contributed by atoms with Crippen molar-refractivity contribution < 1.29 is 24.2 Å². The van der Waals surface area contributed by atoms with E-state index >= 15 is 0 Å². The molecule has 0 aromatic heterocycles. The number of fused-ring (bicyclic) bond motifs is 3. The van der Waals surface area contributed by atoms with Gasteiger partial charge in [0.15, 0.2) is 0 Å². The number of benzene rings is 2. The Morgan fingerprint density at radius 1 is 0.971 bits per heavy atom. The number of rotatable bonds is 11. The second-order valence-electron chi connectivity index (χ2n) is 8.93. The van der Waals surface area contributed by atoms with Gasteiger partial charge in [0.05, 0.1) is 0 Å². The van der Waals surface area contributed by atoms with E-state index in [0.717, 1.165) is 28.7 Å². The van der Waals surface area contributed by atoms with Gasteiger partial charge in [-0.15, -0.1) is 0 Å². The number of ether oxygens (including phenoxy) is 1. The number of carboxylic acids is 1. The van der Waals surface area contributed by atoms with Gasteiger partial charge < -0.3 is 20.5 Å². The first kappa shape index (κ1) is 25.3. The number of carbonyl (C=O) groups excluding carboxylic acids is 2. The molecule has 3 atom stereocenters. The Balaban J connectivity index is 1.59. The van der Waals surface area contributed by atoms with Gasteiger partial charge in [0, 0.05) is 18.4 Å². The summed E-state index contributed by atoms with van der Waals surface area (Å²) in [6, 6.07) is 14.9. The smallest absolute Gasteiger partial charge is 0.407 e. The topological polar surface area (TPSA) is 105 Å². The standard InChI is InChI=1S/C27H34N2O5/c1-4-10-18(15-24(30)29-25(26(31)32)17(3)5-2)28-27(33)34-16-23-21-13-8-6-11-19(21)20-12-7-9-14-22(20)23/h6-9,11-14,17-18,23,25H,4-5,10,15-16H2,1-3H3,(H,28,33)(H,29,30)(H,31,32)/t17?,18-,25+/m1/s1. The summed E-state index contributed by atoms with van der Waals surface area (Å²) in [4.78, 5) is 36.6. The second-order valence-corrected chi connectivity index (χ2v) is 8.93. The lowest BCUT2D eigenvalue weighted by atomic mass is 9.98. The van der Waals surface area contributed by atoms with E-state index < -0.39 is 30.1 Å². The summed E-state index contributed by atoms with van der Waals surface area (Å²) in [7, 11) is 0. The van der Waals surface area contributed by atoms with E-state index in [1.807, 2.05) is 38.1 Å². The molecule has 1 aliphatic rings. The van der Waals surface area contributed by atoms with Gasteiger partial charge in [-0.1, -0.05) is 82.1 Å². The van der Waals surface area contributed by atoms with Crippen molar-refractivity contribution in [2.24, 2.45) is 5.92 Å². The van der Waals surface area contributed by atoms with Crippen molar-refractivity contribution >= 4 is 18.0 Å². The van der Waals surface area contributed by atoms with Crippen LogP contribution in [-0.4, -0.2) is 41.8 Å². The van der Waals surface area contributed by atoms with Crippen molar-refractivity contribution in [3.05, 3.63) is 59.7 Å². The Kier molecular flexibility index (Phi) is 8.68. The molecule has 7 heteroatoms. The predicted octanol–water partition coefficient (Wildman–Crippen LogP) is 4.70. The second kappa shape index (κ2) is 11.7. The molecule has 1 aliphatic carbocycles. The molecule has 2 aromatic rings. The van der Waals surface area contributed by atoms with E-state index in [1.165, 1.54) is 0 Å². The maximum absolute atomic E-state index is 12.6. The maximum Gasteiger partial charge on any atom is 0.407 e. The Hall–Kier alpha value is -3.35. The molecule has 2 aromatic carbocycles. The predicted molar refractivity (Wildman–Crippen MR) is 131 cm³/mol. The largest absolute Gasteiger partial charge is 0.480 e. The molecular formula is C27H34N2O5. The average Bonchev–Trinajstić information content (AvgIpc) is 3.14. The van der Waals surface area contributed by atoms with Crippen LogP contribution in [0.1, 0.15) is 63.5 Å². The Morgan fingerprint density at radius 3 is 2.09 bits per heavy atom. The highest BCUT2D eigenvalue weighted by molar-refractivity contribution is 5.84. The summed E-state index contributed by atoms with van der Waals surface area (Å²) in [6.07, 6.45) is 1.39. The Morgan fingerprint density at radius 2 is 1.56 bits per heavy atom. The van der Waals surface area contributed by atoms with Crippen LogP contribution in [-0.2, 0) is 14.3 Å². The summed E-state index contributed by atoms with van der Waals surface area (Å²) in [6.45, 7) is 5.83. The average molecular weight is 467 g/mol. The minimum Gasteiger partial charge on any atom is -0.480 e. The molecule has 0 heterocycles. The van der Waals surface area contributed by atoms with Crippen LogP contribution >= 0.6 is 0 Å². The van der Waals surface area contributed by atoms with Crippen molar-refractivity contribution in [2.75, 3.05) is 6.61 Å². The van der Waals surface area contributed by atoms with E-state index in [1.54, 1.807) is 6.92 Å². The zero-order valence-electron chi connectivity index (χ0n) is 20.0. The highest BCUT2D eigenvalue weighted by Gasteiger charge is 2.30. The molecule has 1 unspecified atom stereocenters. The van der Waals surface area contributed by atoms with Gasteiger partial charge in [-0.05, 0) is 34.6 Å². The van der Waals surface area contributed by atoms with Gasteiger partial charge in [-0.2, -0.15) is 0 Å². The van der Waals surface area contributed by atoms with E-state index in [0.29, 0.717) is 12.8 Å². The van der Waals surface area contributed by atoms with Crippen LogP contribution in [0.3, 0.4) is 0 Å². The van der Waals surface area contributed by atoms with Crippen LogP contribution in [0.4, 0.5) is 4.79 Å². The van der Waals surface area contributed by atoms with E-state index in [9.17, 15) is 19.5 Å². The number of aliphatic carboxylic acids is 1. The van der Waals surface area contributed by atoms with Crippen molar-refractivity contribution in [1.29, 1.82) is 0 Å². The third-order valence-electron chi connectivity index (χ3n) is 6.53. The fourth-order valence-electron chi connectivity index (χ4n) is 4.52. The number of alkyl carbamates (subject to hydrolysis) is 1. The first-order valence-corrected chi connectivity index (χ1v) is 12.0. The summed E-state index contributed by atoms with van der Waals surface area (Å²) in [5, 5.41) is 14.8. The van der Waals surface area contributed by atoms with Crippen LogP contribution in [0.2, 0.25) is 0 Å². The first-order chi connectivity index (χ1) is 16.3. The fraction of sp³-hybridized carbons (Fsp3) is 0.444. The fourth-order valence-corrected chi connectivity index (χ4v) is 4.52. The molecule has 0 bridgehead atoms. The monoisotopic (exact) mass is 466 g/mol. The van der Waals surface area contributed by atoms with Crippen LogP contribution in [0.5, 0.6) is 0 Å². The number of nitrogens with one attached hydrogen (secondary N) is 2. The molecule has 2 amide bonds. The SMILES string of the molecule is CCC[C@H](CC(=O)N[C@H](C(=O)O)C(C)CC)NC(=O)OCC1c2ccccc2-c2ccccc21. The summed E-state index contributed by atoms with van der Waals surface area (Å²) >= 11 is 0. The number of hydrogen-bond donors (Lipinski definition) is 3. The highest BCUT2D eigenvalue weighted by atomic mass is 16.5. The van der Waals surface area contributed by atoms with E-state index in [4.69, 9.17) is 4.74 Å². The number of amides is 2.